The number of halogens is 1. The number of piperazine rings is 1. The summed E-state index contributed by atoms with van der Waals surface area (Å²) in [5.74, 6) is -0.147. The van der Waals surface area contributed by atoms with Gasteiger partial charge in [-0.3, -0.25) is 9.69 Å². The van der Waals surface area contributed by atoms with Gasteiger partial charge in [0.2, 0.25) is 5.91 Å². The van der Waals surface area contributed by atoms with Crippen LogP contribution in [0.5, 0.6) is 0 Å². The molecule has 6 heteroatoms. The van der Waals surface area contributed by atoms with Crippen LogP contribution in [0, 0.1) is 0 Å². The standard InChI is InChI=1S/C12H13BrN2O3/c13-10-3-1-9(2-4-10)7-14-5-6-15(12(17)18)8-11(14)16/h1-4H,5-8H2,(H,17,18). The van der Waals surface area contributed by atoms with Crippen LogP contribution in [-0.4, -0.2) is 46.5 Å². The maximum Gasteiger partial charge on any atom is 0.407 e. The minimum absolute atomic E-state index is 0.0497. The number of carbonyl (C=O) groups excluding carboxylic acids is 1. The second kappa shape index (κ2) is 5.39. The van der Waals surface area contributed by atoms with Crippen molar-refractivity contribution in [3.05, 3.63) is 34.3 Å². The summed E-state index contributed by atoms with van der Waals surface area (Å²) in [6, 6.07) is 7.74. The SMILES string of the molecule is O=C(O)N1CCN(Cc2ccc(Br)cc2)C(=O)C1. The molecular weight excluding hydrogens is 300 g/mol. The molecule has 1 heterocycles. The van der Waals surface area contributed by atoms with Crippen LogP contribution in [0.2, 0.25) is 0 Å². The van der Waals surface area contributed by atoms with E-state index in [0.29, 0.717) is 19.6 Å². The summed E-state index contributed by atoms with van der Waals surface area (Å²) in [6.07, 6.45) is -1.04. The zero-order valence-electron chi connectivity index (χ0n) is 9.67. The van der Waals surface area contributed by atoms with Gasteiger partial charge in [0.25, 0.3) is 0 Å². The van der Waals surface area contributed by atoms with E-state index in [2.05, 4.69) is 15.9 Å². The summed E-state index contributed by atoms with van der Waals surface area (Å²) in [7, 11) is 0. The summed E-state index contributed by atoms with van der Waals surface area (Å²) in [5, 5.41) is 8.81. The lowest BCUT2D eigenvalue weighted by Crippen LogP contribution is -2.51. The maximum atomic E-state index is 11.8. The molecule has 1 saturated heterocycles. The molecule has 2 amide bonds. The van der Waals surface area contributed by atoms with Gasteiger partial charge < -0.3 is 10.0 Å². The normalized spacial score (nSPS) is 15.9. The first kappa shape index (κ1) is 12.9. The molecule has 0 aromatic heterocycles. The molecule has 2 rings (SSSR count). The highest BCUT2D eigenvalue weighted by molar-refractivity contribution is 9.10. The molecule has 1 aliphatic heterocycles. The lowest BCUT2D eigenvalue weighted by Gasteiger charge is -2.32. The Morgan fingerprint density at radius 1 is 1.28 bits per heavy atom. The molecule has 1 fully saturated rings. The van der Waals surface area contributed by atoms with E-state index in [-0.39, 0.29) is 12.5 Å². The molecule has 0 atom stereocenters. The Labute approximate surface area is 113 Å². The third kappa shape index (κ3) is 3.01. The Morgan fingerprint density at radius 3 is 2.50 bits per heavy atom. The average Bonchev–Trinajstić information content (AvgIpc) is 2.34. The molecule has 0 radical (unpaired) electrons. The van der Waals surface area contributed by atoms with Gasteiger partial charge in [0, 0.05) is 24.1 Å². The van der Waals surface area contributed by atoms with Crippen LogP contribution in [0.3, 0.4) is 0 Å². The Balaban J connectivity index is 1.97. The van der Waals surface area contributed by atoms with Crippen LogP contribution >= 0.6 is 15.9 Å². The van der Waals surface area contributed by atoms with Gasteiger partial charge in [-0.1, -0.05) is 28.1 Å². The molecule has 0 aliphatic carbocycles. The minimum atomic E-state index is -1.04. The molecule has 1 N–H and O–H groups in total. The first-order valence-electron chi connectivity index (χ1n) is 5.56. The van der Waals surface area contributed by atoms with Crippen LogP contribution in [0.4, 0.5) is 4.79 Å². The van der Waals surface area contributed by atoms with Gasteiger partial charge in [0.05, 0.1) is 0 Å². The number of rotatable bonds is 2. The van der Waals surface area contributed by atoms with E-state index >= 15 is 0 Å². The average molecular weight is 313 g/mol. The van der Waals surface area contributed by atoms with Gasteiger partial charge in [-0.05, 0) is 17.7 Å². The van der Waals surface area contributed by atoms with E-state index < -0.39 is 6.09 Å². The van der Waals surface area contributed by atoms with Crippen LogP contribution in [-0.2, 0) is 11.3 Å². The predicted molar refractivity (Wildman–Crippen MR) is 69.2 cm³/mol. The Bertz CT molecular complexity index is 461. The van der Waals surface area contributed by atoms with Gasteiger partial charge in [-0.25, -0.2) is 4.79 Å². The minimum Gasteiger partial charge on any atom is -0.465 e. The highest BCUT2D eigenvalue weighted by atomic mass is 79.9. The molecule has 1 aromatic rings. The third-order valence-corrected chi connectivity index (χ3v) is 3.40. The van der Waals surface area contributed by atoms with Gasteiger partial charge in [-0.15, -0.1) is 0 Å². The molecule has 96 valence electrons. The predicted octanol–water partition coefficient (Wildman–Crippen LogP) is 1.77. The zero-order valence-corrected chi connectivity index (χ0v) is 11.3. The largest absolute Gasteiger partial charge is 0.465 e. The smallest absolute Gasteiger partial charge is 0.407 e. The zero-order chi connectivity index (χ0) is 13.1. The fraction of sp³-hybridized carbons (Fsp3) is 0.333. The van der Waals surface area contributed by atoms with Crippen molar-refractivity contribution >= 4 is 27.9 Å². The van der Waals surface area contributed by atoms with Crippen LogP contribution < -0.4 is 0 Å². The van der Waals surface area contributed by atoms with Crippen molar-refractivity contribution in [2.24, 2.45) is 0 Å². The second-order valence-electron chi connectivity index (χ2n) is 4.15. The Hall–Kier alpha value is -1.56. The summed E-state index contributed by atoms with van der Waals surface area (Å²) in [5.41, 5.74) is 1.04. The fourth-order valence-corrected chi connectivity index (χ4v) is 2.11. The highest BCUT2D eigenvalue weighted by Crippen LogP contribution is 2.14. The lowest BCUT2D eigenvalue weighted by molar-refractivity contribution is -0.135. The van der Waals surface area contributed by atoms with Crippen molar-refractivity contribution in [1.82, 2.24) is 9.80 Å². The summed E-state index contributed by atoms with van der Waals surface area (Å²) in [6.45, 7) is 1.30. The number of carboxylic acid groups (broad SMARTS) is 1. The van der Waals surface area contributed by atoms with E-state index in [4.69, 9.17) is 5.11 Å². The quantitative estimate of drug-likeness (QED) is 0.905. The molecule has 1 aliphatic rings. The number of hydrogen-bond donors (Lipinski definition) is 1. The molecule has 0 bridgehead atoms. The Kier molecular flexibility index (Phi) is 3.86. The van der Waals surface area contributed by atoms with Gasteiger partial charge in [0.15, 0.2) is 0 Å². The van der Waals surface area contributed by atoms with Crippen molar-refractivity contribution in [2.45, 2.75) is 6.54 Å². The number of carbonyl (C=O) groups is 2. The van der Waals surface area contributed by atoms with E-state index in [0.717, 1.165) is 14.9 Å². The van der Waals surface area contributed by atoms with E-state index in [9.17, 15) is 9.59 Å². The number of amides is 2. The van der Waals surface area contributed by atoms with Crippen molar-refractivity contribution in [3.8, 4) is 0 Å². The summed E-state index contributed by atoms with van der Waals surface area (Å²) >= 11 is 3.35. The lowest BCUT2D eigenvalue weighted by atomic mass is 10.2. The van der Waals surface area contributed by atoms with Crippen molar-refractivity contribution in [2.75, 3.05) is 19.6 Å². The first-order valence-corrected chi connectivity index (χ1v) is 6.35. The Morgan fingerprint density at radius 2 is 1.94 bits per heavy atom. The third-order valence-electron chi connectivity index (χ3n) is 2.88. The van der Waals surface area contributed by atoms with E-state index in [1.165, 1.54) is 0 Å². The molecule has 18 heavy (non-hydrogen) atoms. The van der Waals surface area contributed by atoms with Crippen molar-refractivity contribution in [3.63, 3.8) is 0 Å². The van der Waals surface area contributed by atoms with Gasteiger partial charge in [0.1, 0.15) is 6.54 Å². The molecular formula is C12H13BrN2O3. The van der Waals surface area contributed by atoms with Crippen molar-refractivity contribution < 1.29 is 14.7 Å². The van der Waals surface area contributed by atoms with Crippen LogP contribution in [0.15, 0.2) is 28.7 Å². The molecule has 0 spiro atoms. The highest BCUT2D eigenvalue weighted by Gasteiger charge is 2.26. The summed E-state index contributed by atoms with van der Waals surface area (Å²) < 4.78 is 0.994. The molecule has 5 nitrogen and oxygen atoms in total. The van der Waals surface area contributed by atoms with Crippen molar-refractivity contribution in [1.29, 1.82) is 0 Å². The van der Waals surface area contributed by atoms with E-state index in [1.54, 1.807) is 4.90 Å². The summed E-state index contributed by atoms with van der Waals surface area (Å²) in [4.78, 5) is 25.4. The number of hydrogen-bond acceptors (Lipinski definition) is 2. The molecule has 0 unspecified atom stereocenters. The van der Waals surface area contributed by atoms with Crippen LogP contribution in [0.1, 0.15) is 5.56 Å². The molecule has 1 aromatic carbocycles. The number of benzene rings is 1. The molecule has 0 saturated carbocycles. The van der Waals surface area contributed by atoms with Gasteiger partial charge in [-0.2, -0.15) is 0 Å². The van der Waals surface area contributed by atoms with E-state index in [1.807, 2.05) is 24.3 Å². The number of nitrogens with zero attached hydrogens (tertiary/aromatic N) is 2. The van der Waals surface area contributed by atoms with Gasteiger partial charge >= 0.3 is 6.09 Å². The maximum absolute atomic E-state index is 11.8. The monoisotopic (exact) mass is 312 g/mol. The topological polar surface area (TPSA) is 60.9 Å². The second-order valence-corrected chi connectivity index (χ2v) is 5.06. The van der Waals surface area contributed by atoms with Crippen LogP contribution in [0.25, 0.3) is 0 Å². The first-order chi connectivity index (χ1) is 8.56. The fourth-order valence-electron chi connectivity index (χ4n) is 1.85.